The second-order valence-corrected chi connectivity index (χ2v) is 5.82. The van der Waals surface area contributed by atoms with Gasteiger partial charge in [-0.3, -0.25) is 0 Å². The molecule has 0 fully saturated rings. The van der Waals surface area contributed by atoms with E-state index in [0.29, 0.717) is 5.28 Å². The lowest BCUT2D eigenvalue weighted by Crippen LogP contribution is -2.11. The lowest BCUT2D eigenvalue weighted by molar-refractivity contribution is -0.404. The lowest BCUT2D eigenvalue weighted by atomic mass is 10.0. The maximum absolute atomic E-state index is 5.98. The quantitative estimate of drug-likeness (QED) is 0.448. The molecule has 3 aromatic rings. The number of nitrogens with zero attached hydrogens (tertiary/aromatic N) is 2. The number of thioether (sulfide) groups is 1. The average molecular weight is 306 g/mol. The monoisotopic (exact) mass is 305 g/mol. The zero-order valence-electron chi connectivity index (χ0n) is 11.4. The SMILES string of the molecule is CSc1nc(-c2ccc(C)cc2C)c2[nH]c(Cl)nc2[nH+]1. The van der Waals surface area contributed by atoms with Crippen molar-refractivity contribution in [3.05, 3.63) is 34.6 Å². The number of H-pyrrole nitrogens is 2. The number of fused-ring (bicyclic) bond motifs is 1. The van der Waals surface area contributed by atoms with Crippen LogP contribution < -0.4 is 4.98 Å². The molecule has 102 valence electrons. The molecule has 0 atom stereocenters. The van der Waals surface area contributed by atoms with Crippen molar-refractivity contribution in [2.45, 2.75) is 19.0 Å². The number of aromatic nitrogens is 4. The lowest BCUT2D eigenvalue weighted by Gasteiger charge is -2.04. The van der Waals surface area contributed by atoms with Crippen molar-refractivity contribution in [1.29, 1.82) is 0 Å². The summed E-state index contributed by atoms with van der Waals surface area (Å²) in [4.78, 5) is 15.2. The number of aryl methyl sites for hydroxylation is 2. The fourth-order valence-corrected chi connectivity index (χ4v) is 2.82. The highest BCUT2D eigenvalue weighted by Crippen LogP contribution is 2.28. The fraction of sp³-hybridized carbons (Fsp3) is 0.214. The summed E-state index contributed by atoms with van der Waals surface area (Å²) in [5, 5.41) is 1.18. The van der Waals surface area contributed by atoms with Crippen molar-refractivity contribution in [3.63, 3.8) is 0 Å². The molecular weight excluding hydrogens is 292 g/mol. The Hall–Kier alpha value is -1.59. The van der Waals surface area contributed by atoms with E-state index >= 15 is 0 Å². The van der Waals surface area contributed by atoms with Crippen molar-refractivity contribution in [2.24, 2.45) is 0 Å². The van der Waals surface area contributed by atoms with Crippen LogP contribution in [0.5, 0.6) is 0 Å². The normalized spacial score (nSPS) is 11.2. The highest BCUT2D eigenvalue weighted by atomic mass is 35.5. The summed E-state index contributed by atoms with van der Waals surface area (Å²) in [7, 11) is 0. The van der Waals surface area contributed by atoms with Crippen LogP contribution in [0.4, 0.5) is 0 Å². The van der Waals surface area contributed by atoms with Crippen LogP contribution in [-0.2, 0) is 0 Å². The number of imidazole rings is 1. The standard InChI is InChI=1S/C14H13ClN4S/c1-7-4-5-9(8(2)6-7)10-11-12(18-13(15)16-11)19-14(17-10)20-3/h4-6H,1-3H3,(H,16,17,18,19)/p+1. The van der Waals surface area contributed by atoms with E-state index < -0.39 is 0 Å². The van der Waals surface area contributed by atoms with Crippen LogP contribution >= 0.6 is 23.4 Å². The van der Waals surface area contributed by atoms with E-state index in [-0.39, 0.29) is 0 Å². The molecule has 0 radical (unpaired) electrons. The number of halogens is 1. The molecular formula is C14H14ClN4S+. The summed E-state index contributed by atoms with van der Waals surface area (Å²) in [6.07, 6.45) is 1.98. The molecule has 0 aliphatic carbocycles. The Balaban J connectivity index is 2.33. The summed E-state index contributed by atoms with van der Waals surface area (Å²) in [6, 6.07) is 6.32. The van der Waals surface area contributed by atoms with Crippen molar-refractivity contribution < 1.29 is 4.98 Å². The first kappa shape index (κ1) is 13.4. The van der Waals surface area contributed by atoms with E-state index in [1.54, 1.807) is 11.8 Å². The zero-order valence-corrected chi connectivity index (χ0v) is 13.0. The summed E-state index contributed by atoms with van der Waals surface area (Å²) in [6.45, 7) is 4.17. The van der Waals surface area contributed by atoms with Crippen molar-refractivity contribution in [1.82, 2.24) is 15.0 Å². The molecule has 0 amide bonds. The van der Waals surface area contributed by atoms with Crippen LogP contribution in [0.15, 0.2) is 23.4 Å². The Morgan fingerprint density at radius 1 is 1.25 bits per heavy atom. The van der Waals surface area contributed by atoms with Crippen molar-refractivity contribution in [3.8, 4) is 11.3 Å². The van der Waals surface area contributed by atoms with Crippen molar-refractivity contribution in [2.75, 3.05) is 6.26 Å². The number of hydrogen-bond acceptors (Lipinski definition) is 3. The molecule has 4 nitrogen and oxygen atoms in total. The first-order chi connectivity index (χ1) is 9.58. The van der Waals surface area contributed by atoms with Crippen LogP contribution in [-0.4, -0.2) is 21.2 Å². The molecule has 0 aliphatic heterocycles. The van der Waals surface area contributed by atoms with Gasteiger partial charge in [-0.05, 0) is 37.3 Å². The van der Waals surface area contributed by atoms with Crippen LogP contribution in [0.25, 0.3) is 22.4 Å². The maximum Gasteiger partial charge on any atom is 0.296 e. The molecule has 0 unspecified atom stereocenters. The minimum atomic E-state index is 0.363. The zero-order chi connectivity index (χ0) is 14.3. The molecule has 6 heteroatoms. The molecule has 0 spiro atoms. The maximum atomic E-state index is 5.98. The first-order valence-electron chi connectivity index (χ1n) is 6.18. The van der Waals surface area contributed by atoms with Crippen LogP contribution in [0.1, 0.15) is 11.1 Å². The van der Waals surface area contributed by atoms with E-state index in [1.165, 1.54) is 11.1 Å². The molecule has 2 aromatic heterocycles. The highest BCUT2D eigenvalue weighted by molar-refractivity contribution is 7.98. The highest BCUT2D eigenvalue weighted by Gasteiger charge is 2.20. The van der Waals surface area contributed by atoms with E-state index in [0.717, 1.165) is 27.6 Å². The second-order valence-electron chi connectivity index (χ2n) is 4.66. The predicted octanol–water partition coefficient (Wildman–Crippen LogP) is 3.43. The van der Waals surface area contributed by atoms with Crippen LogP contribution in [0.2, 0.25) is 5.28 Å². The predicted molar refractivity (Wildman–Crippen MR) is 82.1 cm³/mol. The molecule has 20 heavy (non-hydrogen) atoms. The van der Waals surface area contributed by atoms with Gasteiger partial charge in [0.25, 0.3) is 16.1 Å². The fourth-order valence-electron chi connectivity index (χ4n) is 2.26. The number of aromatic amines is 2. The van der Waals surface area contributed by atoms with Gasteiger partial charge in [0.1, 0.15) is 0 Å². The van der Waals surface area contributed by atoms with Gasteiger partial charge in [-0.15, -0.1) is 0 Å². The summed E-state index contributed by atoms with van der Waals surface area (Å²) in [5.41, 5.74) is 5.94. The number of hydrogen-bond donors (Lipinski definition) is 1. The topological polar surface area (TPSA) is 55.7 Å². The van der Waals surface area contributed by atoms with Gasteiger partial charge in [-0.25, -0.2) is 4.98 Å². The van der Waals surface area contributed by atoms with E-state index in [1.807, 2.05) is 6.26 Å². The Bertz CT molecular complexity index is 797. The molecule has 2 N–H and O–H groups in total. The van der Waals surface area contributed by atoms with Gasteiger partial charge < -0.3 is 4.98 Å². The van der Waals surface area contributed by atoms with Gasteiger partial charge in [-0.2, -0.15) is 0 Å². The third kappa shape index (κ3) is 2.27. The second kappa shape index (κ2) is 5.07. The molecule has 3 rings (SSSR count). The van der Waals surface area contributed by atoms with Gasteiger partial charge in [-0.1, -0.05) is 45.5 Å². The summed E-state index contributed by atoms with van der Waals surface area (Å²) in [5.74, 6) is 0. The summed E-state index contributed by atoms with van der Waals surface area (Å²) >= 11 is 7.53. The Morgan fingerprint density at radius 2 is 2.05 bits per heavy atom. The minimum Gasteiger partial charge on any atom is -0.308 e. The third-order valence-corrected chi connectivity index (χ3v) is 3.94. The number of rotatable bonds is 2. The molecule has 0 bridgehead atoms. The molecule has 0 saturated heterocycles. The molecule has 0 saturated carbocycles. The molecule has 0 aliphatic rings. The van der Waals surface area contributed by atoms with Gasteiger partial charge in [0.05, 0.1) is 0 Å². The largest absolute Gasteiger partial charge is 0.308 e. The van der Waals surface area contributed by atoms with Crippen molar-refractivity contribution >= 4 is 34.5 Å². The summed E-state index contributed by atoms with van der Waals surface area (Å²) < 4.78 is 0. The Morgan fingerprint density at radius 3 is 2.75 bits per heavy atom. The minimum absolute atomic E-state index is 0.363. The third-order valence-electron chi connectivity index (χ3n) is 3.18. The van der Waals surface area contributed by atoms with Gasteiger partial charge in [0.2, 0.25) is 0 Å². The van der Waals surface area contributed by atoms with Crippen LogP contribution in [0, 0.1) is 13.8 Å². The van der Waals surface area contributed by atoms with Crippen LogP contribution in [0.3, 0.4) is 0 Å². The number of benzene rings is 1. The molecule has 1 aromatic carbocycles. The van der Waals surface area contributed by atoms with Gasteiger partial charge >= 0.3 is 0 Å². The smallest absolute Gasteiger partial charge is 0.296 e. The average Bonchev–Trinajstić information content (AvgIpc) is 2.78. The first-order valence-corrected chi connectivity index (χ1v) is 7.79. The molecule has 2 heterocycles. The Labute approximate surface area is 126 Å². The van der Waals surface area contributed by atoms with E-state index in [4.69, 9.17) is 11.6 Å². The number of nitrogens with one attached hydrogen (secondary N) is 2. The van der Waals surface area contributed by atoms with E-state index in [9.17, 15) is 0 Å². The van der Waals surface area contributed by atoms with E-state index in [2.05, 4.69) is 52.0 Å². The Kier molecular flexibility index (Phi) is 3.40. The van der Waals surface area contributed by atoms with Gasteiger partial charge in [0.15, 0.2) is 11.2 Å². The van der Waals surface area contributed by atoms with Gasteiger partial charge in [0, 0.05) is 5.56 Å².